The minimum absolute atomic E-state index is 0.0674. The molecule has 0 saturated heterocycles. The van der Waals surface area contributed by atoms with Gasteiger partial charge < -0.3 is 5.32 Å². The first-order valence-corrected chi connectivity index (χ1v) is 7.29. The third-order valence-electron chi connectivity index (χ3n) is 2.65. The van der Waals surface area contributed by atoms with E-state index >= 15 is 0 Å². The van der Waals surface area contributed by atoms with Gasteiger partial charge in [0.15, 0.2) is 0 Å². The normalized spacial score (nSPS) is 11.3. The van der Waals surface area contributed by atoms with Gasteiger partial charge >= 0.3 is 6.18 Å². The molecule has 110 valence electrons. The van der Waals surface area contributed by atoms with Crippen LogP contribution in [0.1, 0.15) is 15.9 Å². The monoisotopic (exact) mass is 421 g/mol. The third kappa shape index (κ3) is 4.07. The minimum atomic E-state index is -4.46. The fraction of sp³-hybridized carbons (Fsp3) is 0.0714. The maximum Gasteiger partial charge on any atom is 0.416 e. The number of benzene rings is 2. The lowest BCUT2D eigenvalue weighted by atomic mass is 10.1. The molecule has 0 aromatic heterocycles. The Labute approximate surface area is 135 Å². The summed E-state index contributed by atoms with van der Waals surface area (Å²) in [4.78, 5) is 12.0. The molecule has 0 unspecified atom stereocenters. The van der Waals surface area contributed by atoms with Crippen LogP contribution in [-0.4, -0.2) is 5.91 Å². The van der Waals surface area contributed by atoms with Crippen LogP contribution in [0.5, 0.6) is 0 Å². The summed E-state index contributed by atoms with van der Waals surface area (Å²) in [5.41, 5.74) is -0.405. The van der Waals surface area contributed by atoms with Gasteiger partial charge in [-0.15, -0.1) is 0 Å². The molecule has 0 saturated carbocycles. The second kappa shape index (κ2) is 6.19. The molecule has 2 aromatic carbocycles. The highest BCUT2D eigenvalue weighted by Crippen LogP contribution is 2.34. The van der Waals surface area contributed by atoms with Gasteiger partial charge in [-0.25, -0.2) is 0 Å². The summed E-state index contributed by atoms with van der Waals surface area (Å²) in [6.07, 6.45) is -4.46. The summed E-state index contributed by atoms with van der Waals surface area (Å²) in [7, 11) is 0. The minimum Gasteiger partial charge on any atom is -0.321 e. The molecule has 0 bridgehead atoms. The van der Waals surface area contributed by atoms with E-state index in [9.17, 15) is 18.0 Å². The van der Waals surface area contributed by atoms with E-state index in [-0.39, 0.29) is 5.69 Å². The number of rotatable bonds is 2. The highest BCUT2D eigenvalue weighted by Gasteiger charge is 2.31. The molecule has 21 heavy (non-hydrogen) atoms. The molecule has 0 aliphatic heterocycles. The highest BCUT2D eigenvalue weighted by molar-refractivity contribution is 9.10. The van der Waals surface area contributed by atoms with Crippen molar-refractivity contribution in [3.8, 4) is 0 Å². The van der Waals surface area contributed by atoms with Crippen molar-refractivity contribution in [2.45, 2.75) is 6.18 Å². The Bertz CT molecular complexity index is 669. The lowest BCUT2D eigenvalue weighted by Crippen LogP contribution is -2.13. The van der Waals surface area contributed by atoms with Gasteiger partial charge in [0.05, 0.1) is 11.3 Å². The number of nitrogens with one attached hydrogen (secondary N) is 1. The largest absolute Gasteiger partial charge is 0.416 e. The molecule has 2 aromatic rings. The van der Waals surface area contributed by atoms with Gasteiger partial charge in [0, 0.05) is 14.5 Å². The first kappa shape index (κ1) is 16.0. The number of hydrogen-bond acceptors (Lipinski definition) is 1. The maximum absolute atomic E-state index is 12.7. The van der Waals surface area contributed by atoms with Gasteiger partial charge in [-0.1, -0.05) is 15.9 Å². The van der Waals surface area contributed by atoms with E-state index in [4.69, 9.17) is 0 Å². The SMILES string of the molecule is O=C(Nc1cc(C(F)(F)F)ccc1Br)c1ccc(Br)cc1. The van der Waals surface area contributed by atoms with E-state index in [1.807, 2.05) is 0 Å². The quantitative estimate of drug-likeness (QED) is 0.681. The number of amides is 1. The van der Waals surface area contributed by atoms with E-state index in [1.54, 1.807) is 24.3 Å². The molecular weight excluding hydrogens is 415 g/mol. The molecule has 0 atom stereocenters. The van der Waals surface area contributed by atoms with E-state index in [0.717, 1.165) is 16.6 Å². The van der Waals surface area contributed by atoms with Gasteiger partial charge in [0.25, 0.3) is 5.91 Å². The topological polar surface area (TPSA) is 29.1 Å². The second-order valence-electron chi connectivity index (χ2n) is 4.15. The Kier molecular flexibility index (Phi) is 4.73. The number of carbonyl (C=O) groups excluding carboxylic acids is 1. The van der Waals surface area contributed by atoms with Crippen molar-refractivity contribution in [1.29, 1.82) is 0 Å². The summed E-state index contributed by atoms with van der Waals surface area (Å²) >= 11 is 6.36. The van der Waals surface area contributed by atoms with Crippen LogP contribution in [0.2, 0.25) is 0 Å². The van der Waals surface area contributed by atoms with Crippen LogP contribution in [0.4, 0.5) is 18.9 Å². The molecule has 0 spiro atoms. The number of anilines is 1. The first-order valence-electron chi connectivity index (χ1n) is 5.71. The van der Waals surface area contributed by atoms with Crippen molar-refractivity contribution >= 4 is 43.5 Å². The second-order valence-corrected chi connectivity index (χ2v) is 5.92. The average molecular weight is 423 g/mol. The average Bonchev–Trinajstić information content (AvgIpc) is 2.40. The number of alkyl halides is 3. The smallest absolute Gasteiger partial charge is 0.321 e. The molecule has 0 fully saturated rings. The van der Waals surface area contributed by atoms with Gasteiger partial charge in [0.1, 0.15) is 0 Å². The van der Waals surface area contributed by atoms with E-state index < -0.39 is 17.6 Å². The highest BCUT2D eigenvalue weighted by atomic mass is 79.9. The summed E-state index contributed by atoms with van der Waals surface area (Å²) in [6, 6.07) is 9.58. The van der Waals surface area contributed by atoms with Crippen molar-refractivity contribution in [3.05, 3.63) is 62.5 Å². The van der Waals surface area contributed by atoms with Crippen LogP contribution in [-0.2, 0) is 6.18 Å². The van der Waals surface area contributed by atoms with Crippen molar-refractivity contribution < 1.29 is 18.0 Å². The Morgan fingerprint density at radius 1 is 1.00 bits per heavy atom. The lowest BCUT2D eigenvalue weighted by molar-refractivity contribution is -0.137. The standard InChI is InChI=1S/C14H8Br2F3NO/c15-10-4-1-8(2-5-10)13(21)20-12-7-9(14(17,18)19)3-6-11(12)16/h1-7H,(H,20,21). The molecule has 2 nitrogen and oxygen atoms in total. The van der Waals surface area contributed by atoms with Crippen LogP contribution < -0.4 is 5.32 Å². The van der Waals surface area contributed by atoms with E-state index in [1.165, 1.54) is 6.07 Å². The zero-order valence-electron chi connectivity index (χ0n) is 10.3. The molecule has 7 heteroatoms. The Balaban J connectivity index is 2.26. The summed E-state index contributed by atoms with van der Waals surface area (Å²) in [6.45, 7) is 0. The molecule has 0 heterocycles. The predicted molar refractivity (Wildman–Crippen MR) is 81.2 cm³/mol. The Hall–Kier alpha value is -1.34. The molecule has 0 aliphatic rings. The predicted octanol–water partition coefficient (Wildman–Crippen LogP) is 5.48. The summed E-state index contributed by atoms with van der Waals surface area (Å²) < 4.78 is 39.2. The Morgan fingerprint density at radius 3 is 2.19 bits per heavy atom. The summed E-state index contributed by atoms with van der Waals surface area (Å²) in [5.74, 6) is -0.484. The van der Waals surface area contributed by atoms with E-state index in [2.05, 4.69) is 37.2 Å². The van der Waals surface area contributed by atoms with Crippen molar-refractivity contribution in [2.24, 2.45) is 0 Å². The molecule has 0 radical (unpaired) electrons. The first-order chi connectivity index (χ1) is 9.77. The third-order valence-corrected chi connectivity index (χ3v) is 3.87. The summed E-state index contributed by atoms with van der Waals surface area (Å²) in [5, 5.41) is 2.46. The van der Waals surface area contributed by atoms with Crippen molar-refractivity contribution in [1.82, 2.24) is 0 Å². The Morgan fingerprint density at radius 2 is 1.62 bits per heavy atom. The number of carbonyl (C=O) groups is 1. The molecule has 0 aliphatic carbocycles. The zero-order chi connectivity index (χ0) is 15.6. The van der Waals surface area contributed by atoms with E-state index in [0.29, 0.717) is 10.0 Å². The van der Waals surface area contributed by atoms with Crippen molar-refractivity contribution in [3.63, 3.8) is 0 Å². The molecule has 2 rings (SSSR count). The number of halogens is 5. The molecular formula is C14H8Br2F3NO. The van der Waals surface area contributed by atoms with Crippen LogP contribution in [0.15, 0.2) is 51.4 Å². The van der Waals surface area contributed by atoms with Gasteiger partial charge in [-0.2, -0.15) is 13.2 Å². The fourth-order valence-corrected chi connectivity index (χ4v) is 2.20. The van der Waals surface area contributed by atoms with Crippen LogP contribution in [0.3, 0.4) is 0 Å². The van der Waals surface area contributed by atoms with Gasteiger partial charge in [-0.05, 0) is 58.4 Å². The van der Waals surface area contributed by atoms with Crippen LogP contribution in [0, 0.1) is 0 Å². The molecule has 1 N–H and O–H groups in total. The van der Waals surface area contributed by atoms with Gasteiger partial charge in [-0.3, -0.25) is 4.79 Å². The number of hydrogen-bond donors (Lipinski definition) is 1. The molecule has 1 amide bonds. The maximum atomic E-state index is 12.7. The van der Waals surface area contributed by atoms with Crippen LogP contribution >= 0.6 is 31.9 Å². The fourth-order valence-electron chi connectivity index (χ4n) is 1.59. The zero-order valence-corrected chi connectivity index (χ0v) is 13.5. The van der Waals surface area contributed by atoms with Gasteiger partial charge in [0.2, 0.25) is 0 Å². The van der Waals surface area contributed by atoms with Crippen molar-refractivity contribution in [2.75, 3.05) is 5.32 Å². The lowest BCUT2D eigenvalue weighted by Gasteiger charge is -2.12. The van der Waals surface area contributed by atoms with Crippen LogP contribution in [0.25, 0.3) is 0 Å².